The second-order valence-electron chi connectivity index (χ2n) is 6.33. The van der Waals surface area contributed by atoms with Gasteiger partial charge in [-0.15, -0.1) is 0 Å². The van der Waals surface area contributed by atoms with Crippen LogP contribution in [0.15, 0.2) is 72.8 Å². The van der Waals surface area contributed by atoms with Crippen molar-refractivity contribution in [2.24, 2.45) is 0 Å². The smallest absolute Gasteiger partial charge is 0.165 e. The standard InChI is InChI=1S/C23H22FNO3/c1-27-20-11-5-16(6-12-20)22(25-19-9-13-21(28-2)14-10-19)15-23(26)17-3-7-18(24)8-4-17/h3-14,22,25H,15H2,1-2H3. The summed E-state index contributed by atoms with van der Waals surface area (Å²) in [7, 11) is 3.23. The molecule has 0 radical (unpaired) electrons. The number of Topliss-reactive ketones (excluding diaryl/α,β-unsaturated/α-hetero) is 1. The Labute approximate surface area is 163 Å². The van der Waals surface area contributed by atoms with Crippen molar-refractivity contribution < 1.29 is 18.7 Å². The number of ketones is 1. The van der Waals surface area contributed by atoms with Crippen molar-refractivity contribution in [3.8, 4) is 11.5 Å². The van der Waals surface area contributed by atoms with Gasteiger partial charge >= 0.3 is 0 Å². The van der Waals surface area contributed by atoms with Crippen molar-refractivity contribution in [2.45, 2.75) is 12.5 Å². The largest absolute Gasteiger partial charge is 0.497 e. The molecule has 0 aliphatic heterocycles. The number of carbonyl (C=O) groups excluding carboxylic acids is 1. The van der Waals surface area contributed by atoms with E-state index in [1.165, 1.54) is 24.3 Å². The molecule has 0 aliphatic carbocycles. The number of hydrogen-bond acceptors (Lipinski definition) is 4. The maximum Gasteiger partial charge on any atom is 0.165 e. The number of methoxy groups -OCH3 is 2. The molecule has 0 fully saturated rings. The third kappa shape index (κ3) is 4.88. The molecule has 1 atom stereocenters. The molecule has 1 unspecified atom stereocenters. The molecule has 144 valence electrons. The molecule has 0 aromatic heterocycles. The van der Waals surface area contributed by atoms with E-state index in [9.17, 15) is 9.18 Å². The zero-order chi connectivity index (χ0) is 19.9. The Morgan fingerprint density at radius 3 is 1.93 bits per heavy atom. The van der Waals surface area contributed by atoms with Gasteiger partial charge in [-0.2, -0.15) is 0 Å². The second-order valence-corrected chi connectivity index (χ2v) is 6.33. The predicted octanol–water partition coefficient (Wildman–Crippen LogP) is 5.27. The predicted molar refractivity (Wildman–Crippen MR) is 108 cm³/mol. The summed E-state index contributed by atoms with van der Waals surface area (Å²) < 4.78 is 23.6. The van der Waals surface area contributed by atoms with E-state index >= 15 is 0 Å². The van der Waals surface area contributed by atoms with Crippen LogP contribution in [0.25, 0.3) is 0 Å². The molecule has 0 amide bonds. The fraction of sp³-hybridized carbons (Fsp3) is 0.174. The summed E-state index contributed by atoms with van der Waals surface area (Å²) in [4.78, 5) is 12.7. The third-order valence-corrected chi connectivity index (χ3v) is 4.50. The summed E-state index contributed by atoms with van der Waals surface area (Å²) >= 11 is 0. The molecule has 0 bridgehead atoms. The summed E-state index contributed by atoms with van der Waals surface area (Å²) in [5.74, 6) is 1.08. The van der Waals surface area contributed by atoms with E-state index in [1.54, 1.807) is 14.2 Å². The molecule has 0 spiro atoms. The highest BCUT2D eigenvalue weighted by atomic mass is 19.1. The van der Waals surface area contributed by atoms with E-state index in [1.807, 2.05) is 48.5 Å². The number of anilines is 1. The molecule has 28 heavy (non-hydrogen) atoms. The highest BCUT2D eigenvalue weighted by Crippen LogP contribution is 2.27. The van der Waals surface area contributed by atoms with Crippen LogP contribution in [0.3, 0.4) is 0 Å². The zero-order valence-electron chi connectivity index (χ0n) is 15.8. The molecule has 0 saturated heterocycles. The molecule has 3 aromatic carbocycles. The lowest BCUT2D eigenvalue weighted by Gasteiger charge is -2.20. The first-order valence-electron chi connectivity index (χ1n) is 8.92. The summed E-state index contributed by atoms with van der Waals surface area (Å²) in [6, 6.07) is 20.5. The second kappa shape index (κ2) is 9.04. The Kier molecular flexibility index (Phi) is 6.27. The Morgan fingerprint density at radius 2 is 1.39 bits per heavy atom. The van der Waals surface area contributed by atoms with Crippen LogP contribution in [0.1, 0.15) is 28.4 Å². The van der Waals surface area contributed by atoms with Crippen molar-refractivity contribution in [1.82, 2.24) is 0 Å². The molecule has 3 aromatic rings. The van der Waals surface area contributed by atoms with Crippen LogP contribution in [0.4, 0.5) is 10.1 Å². The number of halogens is 1. The molecule has 0 aliphatic rings. The summed E-state index contributed by atoms with van der Waals surface area (Å²) in [5.41, 5.74) is 2.30. The van der Waals surface area contributed by atoms with Gasteiger partial charge in [-0.1, -0.05) is 12.1 Å². The average molecular weight is 379 g/mol. The first-order chi connectivity index (χ1) is 13.6. The van der Waals surface area contributed by atoms with Gasteiger partial charge in [0.1, 0.15) is 17.3 Å². The first-order valence-corrected chi connectivity index (χ1v) is 8.92. The molecule has 5 heteroatoms. The van der Waals surface area contributed by atoms with Gasteiger partial charge in [-0.05, 0) is 66.2 Å². The van der Waals surface area contributed by atoms with Gasteiger partial charge in [-0.3, -0.25) is 4.79 Å². The highest BCUT2D eigenvalue weighted by molar-refractivity contribution is 5.96. The van der Waals surface area contributed by atoms with Gasteiger partial charge in [0, 0.05) is 17.7 Å². The lowest BCUT2D eigenvalue weighted by molar-refractivity contribution is 0.0976. The maximum atomic E-state index is 13.2. The number of benzene rings is 3. The molecule has 4 nitrogen and oxygen atoms in total. The van der Waals surface area contributed by atoms with Crippen molar-refractivity contribution in [3.63, 3.8) is 0 Å². The lowest BCUT2D eigenvalue weighted by Crippen LogP contribution is -2.16. The molecular formula is C23H22FNO3. The summed E-state index contributed by atoms with van der Waals surface area (Å²) in [5, 5.41) is 3.40. The van der Waals surface area contributed by atoms with Crippen molar-refractivity contribution in [1.29, 1.82) is 0 Å². The van der Waals surface area contributed by atoms with E-state index in [0.29, 0.717) is 5.56 Å². The van der Waals surface area contributed by atoms with Crippen LogP contribution in [0, 0.1) is 5.82 Å². The zero-order valence-corrected chi connectivity index (χ0v) is 15.8. The van der Waals surface area contributed by atoms with Crippen molar-refractivity contribution >= 4 is 11.5 Å². The van der Waals surface area contributed by atoms with Crippen LogP contribution in [0.2, 0.25) is 0 Å². The third-order valence-electron chi connectivity index (χ3n) is 4.50. The highest BCUT2D eigenvalue weighted by Gasteiger charge is 2.18. The number of carbonyl (C=O) groups is 1. The normalized spacial score (nSPS) is 11.5. The van der Waals surface area contributed by atoms with E-state index in [0.717, 1.165) is 22.7 Å². The monoisotopic (exact) mass is 379 g/mol. The Bertz CT molecular complexity index is 906. The minimum Gasteiger partial charge on any atom is -0.497 e. The van der Waals surface area contributed by atoms with Gasteiger partial charge in [-0.25, -0.2) is 4.39 Å². The van der Waals surface area contributed by atoms with Gasteiger partial charge in [0.25, 0.3) is 0 Å². The molecule has 1 N–H and O–H groups in total. The fourth-order valence-electron chi connectivity index (χ4n) is 2.92. The van der Waals surface area contributed by atoms with Crippen LogP contribution in [0.5, 0.6) is 11.5 Å². The van der Waals surface area contributed by atoms with Crippen molar-refractivity contribution in [3.05, 3.63) is 89.7 Å². The van der Waals surface area contributed by atoms with Crippen LogP contribution in [-0.4, -0.2) is 20.0 Å². The van der Waals surface area contributed by atoms with E-state index in [-0.39, 0.29) is 24.1 Å². The average Bonchev–Trinajstić information content (AvgIpc) is 2.74. The van der Waals surface area contributed by atoms with Gasteiger partial charge in [0.15, 0.2) is 5.78 Å². The lowest BCUT2D eigenvalue weighted by atomic mass is 9.97. The Hall–Kier alpha value is -3.34. The Morgan fingerprint density at radius 1 is 0.857 bits per heavy atom. The quantitative estimate of drug-likeness (QED) is 0.542. The van der Waals surface area contributed by atoms with E-state index in [4.69, 9.17) is 9.47 Å². The first kappa shape index (κ1) is 19.4. The molecule has 0 heterocycles. The van der Waals surface area contributed by atoms with Gasteiger partial charge in [0.2, 0.25) is 0 Å². The minimum atomic E-state index is -0.361. The molecule has 0 saturated carbocycles. The Balaban J connectivity index is 1.83. The van der Waals surface area contributed by atoms with Gasteiger partial charge in [0.05, 0.1) is 20.3 Å². The van der Waals surface area contributed by atoms with Crippen LogP contribution >= 0.6 is 0 Å². The molecular weight excluding hydrogens is 357 g/mol. The summed E-state index contributed by atoms with van der Waals surface area (Å²) in [6.45, 7) is 0. The fourth-order valence-corrected chi connectivity index (χ4v) is 2.92. The van der Waals surface area contributed by atoms with Crippen LogP contribution < -0.4 is 14.8 Å². The van der Waals surface area contributed by atoms with Crippen molar-refractivity contribution in [2.75, 3.05) is 19.5 Å². The summed E-state index contributed by atoms with van der Waals surface area (Å²) in [6.07, 6.45) is 0.226. The minimum absolute atomic E-state index is 0.0678. The SMILES string of the molecule is COc1ccc(NC(CC(=O)c2ccc(F)cc2)c2ccc(OC)cc2)cc1. The number of ether oxygens (including phenoxy) is 2. The van der Waals surface area contributed by atoms with Crippen LogP contribution in [-0.2, 0) is 0 Å². The molecule has 3 rings (SSSR count). The number of rotatable bonds is 8. The number of nitrogens with one attached hydrogen (secondary N) is 1. The van der Waals surface area contributed by atoms with E-state index in [2.05, 4.69) is 5.32 Å². The topological polar surface area (TPSA) is 47.6 Å². The number of hydrogen-bond donors (Lipinski definition) is 1. The van der Waals surface area contributed by atoms with E-state index < -0.39 is 0 Å². The van der Waals surface area contributed by atoms with Gasteiger partial charge < -0.3 is 14.8 Å². The maximum absolute atomic E-state index is 13.2.